The van der Waals surface area contributed by atoms with E-state index < -0.39 is 40.2 Å². The highest BCUT2D eigenvalue weighted by Gasteiger charge is 2.25. The third-order valence-corrected chi connectivity index (χ3v) is 5.67. The van der Waals surface area contributed by atoms with Gasteiger partial charge in [0.05, 0.1) is 17.5 Å². The van der Waals surface area contributed by atoms with Crippen molar-refractivity contribution in [3.8, 4) is 6.07 Å². The number of hydrogen-bond donors (Lipinski definition) is 1. The first kappa shape index (κ1) is 20.8. The van der Waals surface area contributed by atoms with Crippen LogP contribution in [0.15, 0.2) is 47.4 Å². The molecule has 2 aromatic rings. The minimum absolute atomic E-state index is 0.0661. The Kier molecular flexibility index (Phi) is 6.49. The molecule has 2 aromatic carbocycles. The molecule has 0 heterocycles. The van der Waals surface area contributed by atoms with E-state index in [-0.39, 0.29) is 10.5 Å². The van der Waals surface area contributed by atoms with Crippen LogP contribution in [0.5, 0.6) is 0 Å². The van der Waals surface area contributed by atoms with Crippen molar-refractivity contribution in [3.05, 3.63) is 64.7 Å². The number of nitrogens with one attached hydrogen (secondary N) is 1. The number of sulfonamides is 1. The van der Waals surface area contributed by atoms with Crippen LogP contribution in [0.1, 0.15) is 11.6 Å². The van der Waals surface area contributed by atoms with Gasteiger partial charge in [-0.2, -0.15) is 9.57 Å². The summed E-state index contributed by atoms with van der Waals surface area (Å²) in [7, 11) is -2.78. The Labute approximate surface area is 160 Å². The maximum absolute atomic E-state index is 13.8. The highest BCUT2D eigenvalue weighted by Crippen LogP contribution is 2.19. The summed E-state index contributed by atoms with van der Waals surface area (Å²) in [6.45, 7) is -0.605. The minimum Gasteiger partial charge on any atom is -0.335 e. The highest BCUT2D eigenvalue weighted by molar-refractivity contribution is 7.89. The van der Waals surface area contributed by atoms with Crippen molar-refractivity contribution in [1.82, 2.24) is 9.62 Å². The minimum atomic E-state index is -3.96. The summed E-state index contributed by atoms with van der Waals surface area (Å²) in [5.41, 5.74) is -0.226. The third kappa shape index (κ3) is 5.01. The van der Waals surface area contributed by atoms with Gasteiger partial charge in [0.2, 0.25) is 15.9 Å². The van der Waals surface area contributed by atoms with E-state index in [4.69, 9.17) is 16.9 Å². The van der Waals surface area contributed by atoms with Gasteiger partial charge in [-0.25, -0.2) is 17.2 Å². The van der Waals surface area contributed by atoms with Crippen LogP contribution in [0, 0.1) is 23.0 Å². The van der Waals surface area contributed by atoms with Crippen LogP contribution in [0.25, 0.3) is 0 Å². The maximum Gasteiger partial charge on any atom is 0.243 e. The summed E-state index contributed by atoms with van der Waals surface area (Å²) in [4.78, 5) is 12.1. The monoisotopic (exact) mass is 413 g/mol. The van der Waals surface area contributed by atoms with Gasteiger partial charge in [0.25, 0.3) is 0 Å². The molecule has 0 aliphatic carbocycles. The zero-order chi connectivity index (χ0) is 20.2. The van der Waals surface area contributed by atoms with Gasteiger partial charge in [0.1, 0.15) is 17.7 Å². The molecule has 0 saturated carbocycles. The van der Waals surface area contributed by atoms with Crippen LogP contribution < -0.4 is 5.32 Å². The molecule has 1 amide bonds. The highest BCUT2D eigenvalue weighted by atomic mass is 35.5. The molecule has 0 aliphatic heterocycles. The Hall–Kier alpha value is -2.54. The summed E-state index contributed by atoms with van der Waals surface area (Å²) >= 11 is 5.72. The van der Waals surface area contributed by atoms with Gasteiger partial charge < -0.3 is 5.32 Å². The van der Waals surface area contributed by atoms with E-state index in [1.54, 1.807) is 6.07 Å². The Morgan fingerprint density at radius 3 is 2.44 bits per heavy atom. The number of amides is 1. The summed E-state index contributed by atoms with van der Waals surface area (Å²) in [5.74, 6) is -2.65. The van der Waals surface area contributed by atoms with Crippen molar-refractivity contribution >= 4 is 27.5 Å². The molecule has 1 atom stereocenters. The molecule has 0 saturated heterocycles. The SMILES string of the molecule is CN(CC(=O)NC(C#N)c1ccc(F)cc1F)S(=O)(=O)c1ccc(Cl)cc1. The normalized spacial score (nSPS) is 12.4. The van der Waals surface area contributed by atoms with Gasteiger partial charge in [-0.1, -0.05) is 17.7 Å². The van der Waals surface area contributed by atoms with E-state index in [9.17, 15) is 22.0 Å². The predicted octanol–water partition coefficient (Wildman–Crippen LogP) is 2.62. The molecule has 27 heavy (non-hydrogen) atoms. The number of likely N-dealkylation sites (N-methyl/N-ethyl adjacent to an activating group) is 1. The lowest BCUT2D eigenvalue weighted by atomic mass is 10.1. The summed E-state index contributed by atoms with van der Waals surface area (Å²) in [6, 6.07) is 8.22. The molecular formula is C17H14ClF2N3O3S. The number of nitriles is 1. The van der Waals surface area contributed by atoms with Gasteiger partial charge in [-0.3, -0.25) is 4.79 Å². The first-order valence-corrected chi connectivity index (χ1v) is 9.33. The van der Waals surface area contributed by atoms with Crippen molar-refractivity contribution in [3.63, 3.8) is 0 Å². The van der Waals surface area contributed by atoms with Gasteiger partial charge in [0, 0.05) is 23.7 Å². The molecular weight excluding hydrogens is 400 g/mol. The summed E-state index contributed by atoms with van der Waals surface area (Å²) in [6.07, 6.45) is 0. The fourth-order valence-electron chi connectivity index (χ4n) is 2.20. The molecule has 0 aromatic heterocycles. The molecule has 1 unspecified atom stereocenters. The Morgan fingerprint density at radius 2 is 1.89 bits per heavy atom. The Bertz CT molecular complexity index is 991. The topological polar surface area (TPSA) is 90.3 Å². The molecule has 0 aliphatic rings. The number of rotatable bonds is 6. The van der Waals surface area contributed by atoms with E-state index in [0.717, 1.165) is 16.4 Å². The lowest BCUT2D eigenvalue weighted by Gasteiger charge is -2.18. The van der Waals surface area contributed by atoms with Gasteiger partial charge in [-0.05, 0) is 30.3 Å². The molecule has 0 bridgehead atoms. The van der Waals surface area contributed by atoms with Crippen LogP contribution in [0.3, 0.4) is 0 Å². The van der Waals surface area contributed by atoms with Crippen molar-refractivity contribution in [2.75, 3.05) is 13.6 Å². The van der Waals surface area contributed by atoms with Crippen LogP contribution in [0.2, 0.25) is 5.02 Å². The molecule has 10 heteroatoms. The average molecular weight is 414 g/mol. The quantitative estimate of drug-likeness (QED) is 0.788. The number of carbonyl (C=O) groups is 1. The standard InChI is InChI=1S/C17H14ClF2N3O3S/c1-23(27(25,26)13-5-2-11(18)3-6-13)10-17(24)22-16(9-21)14-7-4-12(19)8-15(14)20/h2-8,16H,10H2,1H3,(H,22,24). The van der Waals surface area contributed by atoms with E-state index >= 15 is 0 Å². The van der Waals surface area contributed by atoms with Gasteiger partial charge in [-0.15, -0.1) is 0 Å². The largest absolute Gasteiger partial charge is 0.335 e. The first-order chi connectivity index (χ1) is 12.6. The van der Waals surface area contributed by atoms with E-state index in [1.165, 1.54) is 31.3 Å². The number of nitrogens with zero attached hydrogens (tertiary/aromatic N) is 2. The maximum atomic E-state index is 13.8. The first-order valence-electron chi connectivity index (χ1n) is 7.51. The summed E-state index contributed by atoms with van der Waals surface area (Å²) in [5, 5.41) is 11.7. The molecule has 6 nitrogen and oxygen atoms in total. The lowest BCUT2D eigenvalue weighted by Crippen LogP contribution is -2.39. The van der Waals surface area contributed by atoms with Crippen LogP contribution in [-0.4, -0.2) is 32.2 Å². The van der Waals surface area contributed by atoms with Gasteiger partial charge in [0.15, 0.2) is 0 Å². The number of halogens is 3. The molecule has 0 spiro atoms. The van der Waals surface area contributed by atoms with Crippen LogP contribution in [-0.2, 0) is 14.8 Å². The van der Waals surface area contributed by atoms with Crippen LogP contribution >= 0.6 is 11.6 Å². The molecule has 142 valence electrons. The predicted molar refractivity (Wildman–Crippen MR) is 94.1 cm³/mol. The van der Waals surface area contributed by atoms with E-state index in [0.29, 0.717) is 11.1 Å². The Balaban J connectivity index is 2.11. The zero-order valence-corrected chi connectivity index (χ0v) is 15.6. The van der Waals surface area contributed by atoms with E-state index in [2.05, 4.69) is 5.32 Å². The van der Waals surface area contributed by atoms with Crippen LogP contribution in [0.4, 0.5) is 8.78 Å². The second-order valence-corrected chi connectivity index (χ2v) is 7.99. The van der Waals surface area contributed by atoms with Gasteiger partial charge >= 0.3 is 0 Å². The second-order valence-electron chi connectivity index (χ2n) is 5.51. The fourth-order valence-corrected chi connectivity index (χ4v) is 3.45. The number of benzene rings is 2. The summed E-state index contributed by atoms with van der Waals surface area (Å²) < 4.78 is 52.4. The Morgan fingerprint density at radius 1 is 1.26 bits per heavy atom. The van der Waals surface area contributed by atoms with Crippen molar-refractivity contribution in [1.29, 1.82) is 5.26 Å². The van der Waals surface area contributed by atoms with Crippen molar-refractivity contribution < 1.29 is 22.0 Å². The van der Waals surface area contributed by atoms with Crippen molar-refractivity contribution in [2.45, 2.75) is 10.9 Å². The fraction of sp³-hybridized carbons (Fsp3) is 0.176. The smallest absolute Gasteiger partial charge is 0.243 e. The second kappa shape index (κ2) is 8.43. The molecule has 2 rings (SSSR count). The molecule has 1 N–H and O–H groups in total. The molecule has 0 fully saturated rings. The van der Waals surface area contributed by atoms with E-state index in [1.807, 2.05) is 0 Å². The number of hydrogen-bond acceptors (Lipinski definition) is 4. The molecule has 0 radical (unpaired) electrons. The lowest BCUT2D eigenvalue weighted by molar-refractivity contribution is -0.121. The zero-order valence-electron chi connectivity index (χ0n) is 14.0. The average Bonchev–Trinajstić information content (AvgIpc) is 2.60. The third-order valence-electron chi connectivity index (χ3n) is 3.60. The number of carbonyl (C=O) groups excluding carboxylic acids is 1. The van der Waals surface area contributed by atoms with Crippen molar-refractivity contribution in [2.24, 2.45) is 0 Å².